The summed E-state index contributed by atoms with van der Waals surface area (Å²) in [4.78, 5) is 25.2. The summed E-state index contributed by atoms with van der Waals surface area (Å²) in [6.45, 7) is 3.91. The number of nitrogens with one attached hydrogen (secondary N) is 1. The van der Waals surface area contributed by atoms with Crippen molar-refractivity contribution in [2.24, 2.45) is 0 Å². The Hall–Kier alpha value is -3.12. The molecule has 1 N–H and O–H groups in total. The number of hydrogen-bond donors (Lipinski definition) is 1. The molecule has 1 amide bonds. The van der Waals surface area contributed by atoms with E-state index in [1.807, 2.05) is 38.1 Å². The van der Waals surface area contributed by atoms with Crippen molar-refractivity contribution in [2.75, 3.05) is 5.32 Å². The van der Waals surface area contributed by atoms with Gasteiger partial charge >= 0.3 is 5.97 Å². The van der Waals surface area contributed by atoms with Crippen LogP contribution in [0.5, 0.6) is 0 Å². The normalized spacial score (nSPS) is 12.0. The first kappa shape index (κ1) is 20.6. The van der Waals surface area contributed by atoms with E-state index in [0.717, 1.165) is 11.1 Å². The number of furan rings is 1. The summed E-state index contributed by atoms with van der Waals surface area (Å²) >= 11 is 3.20. The molecule has 0 aliphatic heterocycles. The third-order valence-electron chi connectivity index (χ3n) is 4.04. The average Bonchev–Trinajstić information content (AvgIpc) is 3.09. The van der Waals surface area contributed by atoms with Crippen LogP contribution >= 0.6 is 15.9 Å². The fraction of sp³-hybridized carbons (Fsp3) is 0.130. The van der Waals surface area contributed by atoms with Gasteiger partial charge in [-0.2, -0.15) is 0 Å². The van der Waals surface area contributed by atoms with Crippen molar-refractivity contribution in [3.05, 3.63) is 93.9 Å². The molecule has 0 unspecified atom stereocenters. The van der Waals surface area contributed by atoms with Crippen LogP contribution in [0.2, 0.25) is 0 Å². The van der Waals surface area contributed by atoms with Crippen LogP contribution in [0.25, 0.3) is 6.08 Å². The lowest BCUT2D eigenvalue weighted by Gasteiger charge is -2.17. The Kier molecular flexibility index (Phi) is 6.67. The molecule has 2 aromatic carbocycles. The number of benzene rings is 2. The Morgan fingerprint density at radius 3 is 2.34 bits per heavy atom. The molecule has 0 radical (unpaired) electrons. The van der Waals surface area contributed by atoms with Crippen molar-refractivity contribution >= 4 is 39.6 Å². The van der Waals surface area contributed by atoms with Crippen LogP contribution in [0.3, 0.4) is 0 Å². The summed E-state index contributed by atoms with van der Waals surface area (Å²) in [7, 11) is 0. The molecule has 148 valence electrons. The van der Waals surface area contributed by atoms with Gasteiger partial charge in [0.15, 0.2) is 4.67 Å². The number of carbonyl (C=O) groups excluding carboxylic acids is 2. The van der Waals surface area contributed by atoms with Gasteiger partial charge < -0.3 is 14.5 Å². The van der Waals surface area contributed by atoms with Crippen LogP contribution in [0.15, 0.2) is 75.8 Å². The average molecular weight is 454 g/mol. The van der Waals surface area contributed by atoms with E-state index in [2.05, 4.69) is 21.2 Å². The summed E-state index contributed by atoms with van der Waals surface area (Å²) in [5, 5.41) is 2.84. The van der Waals surface area contributed by atoms with Gasteiger partial charge in [-0.05, 0) is 71.2 Å². The van der Waals surface area contributed by atoms with Crippen molar-refractivity contribution < 1.29 is 18.7 Å². The first-order chi connectivity index (χ1) is 13.9. The molecular formula is C23H20BrNO4. The number of aryl methyl sites for hydroxylation is 2. The molecular weight excluding hydrogens is 434 g/mol. The molecule has 0 aliphatic carbocycles. The molecule has 1 aromatic heterocycles. The lowest BCUT2D eigenvalue weighted by Crippen LogP contribution is -2.25. The van der Waals surface area contributed by atoms with Gasteiger partial charge in [-0.15, -0.1) is 0 Å². The second-order valence-corrected chi connectivity index (χ2v) is 7.35. The minimum absolute atomic E-state index is 0.427. The summed E-state index contributed by atoms with van der Waals surface area (Å²) in [5.74, 6) is -0.588. The molecule has 29 heavy (non-hydrogen) atoms. The van der Waals surface area contributed by atoms with Crippen LogP contribution < -0.4 is 5.32 Å². The lowest BCUT2D eigenvalue weighted by molar-refractivity contribution is -0.149. The summed E-state index contributed by atoms with van der Waals surface area (Å²) in [5.41, 5.74) is 3.29. The highest BCUT2D eigenvalue weighted by Gasteiger charge is 2.24. The number of amides is 1. The van der Waals surface area contributed by atoms with Gasteiger partial charge in [-0.1, -0.05) is 36.4 Å². The van der Waals surface area contributed by atoms with E-state index < -0.39 is 18.0 Å². The van der Waals surface area contributed by atoms with Crippen molar-refractivity contribution in [3.8, 4) is 0 Å². The second kappa shape index (κ2) is 9.39. The maximum Gasteiger partial charge on any atom is 0.332 e. The number of carbonyl (C=O) groups is 2. The quantitative estimate of drug-likeness (QED) is 0.389. The van der Waals surface area contributed by atoms with Gasteiger partial charge in [0.05, 0.1) is 0 Å². The lowest BCUT2D eigenvalue weighted by atomic mass is 10.1. The van der Waals surface area contributed by atoms with Crippen molar-refractivity contribution in [3.63, 3.8) is 0 Å². The molecule has 0 spiro atoms. The maximum absolute atomic E-state index is 12.9. The third-order valence-corrected chi connectivity index (χ3v) is 4.47. The fourth-order valence-corrected chi connectivity index (χ4v) is 3.20. The SMILES string of the molecule is Cc1cc(C)cc(NC(=O)[C@H](OC(=O)/C=C/c2ccc(Br)o2)c2ccccc2)c1. The molecule has 1 atom stereocenters. The number of rotatable bonds is 6. The van der Waals surface area contributed by atoms with E-state index in [0.29, 0.717) is 21.7 Å². The zero-order valence-electron chi connectivity index (χ0n) is 16.0. The monoisotopic (exact) mass is 453 g/mol. The largest absolute Gasteiger partial charge is 0.450 e. The Morgan fingerprint density at radius 2 is 1.72 bits per heavy atom. The highest BCUT2D eigenvalue weighted by molar-refractivity contribution is 9.10. The van der Waals surface area contributed by atoms with Crippen molar-refractivity contribution in [1.82, 2.24) is 0 Å². The highest BCUT2D eigenvalue weighted by Crippen LogP contribution is 2.22. The van der Waals surface area contributed by atoms with Crippen LogP contribution in [0.1, 0.15) is 28.6 Å². The number of hydrogen-bond acceptors (Lipinski definition) is 4. The summed E-state index contributed by atoms with van der Waals surface area (Å²) in [6.07, 6.45) is 1.62. The minimum Gasteiger partial charge on any atom is -0.450 e. The topological polar surface area (TPSA) is 68.5 Å². The second-order valence-electron chi connectivity index (χ2n) is 6.57. The Balaban J connectivity index is 1.78. The maximum atomic E-state index is 12.9. The molecule has 3 rings (SSSR count). The zero-order chi connectivity index (χ0) is 20.8. The van der Waals surface area contributed by atoms with Gasteiger partial charge in [0.2, 0.25) is 6.10 Å². The van der Waals surface area contributed by atoms with E-state index in [9.17, 15) is 9.59 Å². The molecule has 5 nitrogen and oxygen atoms in total. The molecule has 0 fully saturated rings. The zero-order valence-corrected chi connectivity index (χ0v) is 17.6. The van der Waals surface area contributed by atoms with Gasteiger partial charge in [0, 0.05) is 17.3 Å². The smallest absolute Gasteiger partial charge is 0.332 e. The predicted molar refractivity (Wildman–Crippen MR) is 115 cm³/mol. The Labute approximate surface area is 177 Å². The fourth-order valence-electron chi connectivity index (χ4n) is 2.88. The molecule has 6 heteroatoms. The molecule has 0 saturated carbocycles. The van der Waals surface area contributed by atoms with Crippen LogP contribution in [-0.2, 0) is 14.3 Å². The molecule has 0 aliphatic rings. The van der Waals surface area contributed by atoms with Gasteiger partial charge in [0.1, 0.15) is 5.76 Å². The van der Waals surface area contributed by atoms with E-state index in [1.54, 1.807) is 36.4 Å². The Morgan fingerprint density at radius 1 is 1.03 bits per heavy atom. The van der Waals surface area contributed by atoms with E-state index in [1.165, 1.54) is 12.2 Å². The van der Waals surface area contributed by atoms with Crippen molar-refractivity contribution in [2.45, 2.75) is 20.0 Å². The van der Waals surface area contributed by atoms with Crippen LogP contribution in [-0.4, -0.2) is 11.9 Å². The first-order valence-corrected chi connectivity index (χ1v) is 9.78. The number of ether oxygens (including phenoxy) is 1. The van der Waals surface area contributed by atoms with E-state index in [4.69, 9.17) is 9.15 Å². The standard InChI is InChI=1S/C23H20BrNO4/c1-15-12-16(2)14-18(13-15)25-23(27)22(17-6-4-3-5-7-17)29-21(26)11-9-19-8-10-20(24)28-19/h3-14,22H,1-2H3,(H,25,27)/b11-9+/t22-/m1/s1. The third kappa shape index (κ3) is 5.93. The van der Waals surface area contributed by atoms with Crippen LogP contribution in [0.4, 0.5) is 5.69 Å². The van der Waals surface area contributed by atoms with Crippen LogP contribution in [0, 0.1) is 13.8 Å². The minimum atomic E-state index is -1.09. The van der Waals surface area contributed by atoms with E-state index in [-0.39, 0.29) is 0 Å². The van der Waals surface area contributed by atoms with Crippen molar-refractivity contribution in [1.29, 1.82) is 0 Å². The number of halogens is 1. The van der Waals surface area contributed by atoms with Gasteiger partial charge in [-0.3, -0.25) is 4.79 Å². The van der Waals surface area contributed by atoms with Gasteiger partial charge in [0.25, 0.3) is 5.91 Å². The number of anilines is 1. The summed E-state index contributed by atoms with van der Waals surface area (Å²) in [6, 6.07) is 18.1. The highest BCUT2D eigenvalue weighted by atomic mass is 79.9. The van der Waals surface area contributed by atoms with E-state index >= 15 is 0 Å². The number of esters is 1. The molecule has 3 aromatic rings. The molecule has 0 bridgehead atoms. The van der Waals surface area contributed by atoms with Gasteiger partial charge in [-0.25, -0.2) is 4.79 Å². The molecule has 1 heterocycles. The molecule has 0 saturated heterocycles. The predicted octanol–water partition coefficient (Wildman–Crippen LogP) is 5.60. The Bertz CT molecular complexity index is 1020. The summed E-state index contributed by atoms with van der Waals surface area (Å²) < 4.78 is 11.3. The first-order valence-electron chi connectivity index (χ1n) is 8.99.